The Morgan fingerprint density at radius 3 is 2.63 bits per heavy atom. The minimum absolute atomic E-state index is 0.0563. The fraction of sp³-hybridized carbons (Fsp3) is 0.273. The van der Waals surface area contributed by atoms with Crippen molar-refractivity contribution in [1.29, 1.82) is 0 Å². The van der Waals surface area contributed by atoms with Gasteiger partial charge in [-0.25, -0.2) is 4.98 Å². The van der Waals surface area contributed by atoms with Crippen molar-refractivity contribution in [2.75, 3.05) is 24.7 Å². The lowest BCUT2D eigenvalue weighted by atomic mass is 9.77. The molecule has 1 amide bonds. The number of nitrogens with zero attached hydrogens (tertiary/aromatic N) is 2. The molecule has 2 unspecified atom stereocenters. The first-order valence-corrected chi connectivity index (χ1v) is 10.2. The zero-order valence-corrected chi connectivity index (χ0v) is 16.9. The molecule has 2 atom stereocenters. The molecule has 0 saturated carbocycles. The molecule has 30 heavy (non-hydrogen) atoms. The van der Waals surface area contributed by atoms with Crippen LogP contribution < -0.4 is 19.1 Å². The van der Waals surface area contributed by atoms with Crippen LogP contribution in [0.4, 0.5) is 5.69 Å². The summed E-state index contributed by atoms with van der Waals surface area (Å²) in [5, 5.41) is 0.435. The Morgan fingerprint density at radius 2 is 1.87 bits per heavy atom. The number of fused-ring (bicyclic) bond motifs is 5. The fourth-order valence-electron chi connectivity index (χ4n) is 4.69. The summed E-state index contributed by atoms with van der Waals surface area (Å²) in [7, 11) is 0. The van der Waals surface area contributed by atoms with Crippen LogP contribution in [0.2, 0.25) is 5.15 Å². The Bertz CT molecular complexity index is 1190. The van der Waals surface area contributed by atoms with Crippen molar-refractivity contribution in [3.05, 3.63) is 64.7 Å². The molecule has 0 radical (unpaired) electrons. The number of hydrogen-bond donors (Lipinski definition) is 1. The number of halogens is 1. The van der Waals surface area contributed by atoms with E-state index >= 15 is 0 Å². The second-order valence-corrected chi connectivity index (χ2v) is 8.08. The summed E-state index contributed by atoms with van der Waals surface area (Å²) < 4.78 is 17.5. The Morgan fingerprint density at radius 1 is 1.10 bits per heavy atom. The first-order chi connectivity index (χ1) is 14.6. The summed E-state index contributed by atoms with van der Waals surface area (Å²) in [6.45, 7) is 3.13. The zero-order chi connectivity index (χ0) is 20.5. The highest BCUT2D eigenvalue weighted by molar-refractivity contribution is 6.29. The number of anilines is 1. The summed E-state index contributed by atoms with van der Waals surface area (Å²) >= 11 is 6.04. The van der Waals surface area contributed by atoms with Crippen LogP contribution in [0, 0.1) is 0 Å². The number of carbonyl (C=O) groups is 1. The first kappa shape index (κ1) is 17.7. The molecule has 3 aromatic rings. The third-order valence-corrected chi connectivity index (χ3v) is 6.30. The molecule has 7 nitrogen and oxygen atoms in total. The van der Waals surface area contributed by atoms with Crippen molar-refractivity contribution in [2.24, 2.45) is 0 Å². The smallest absolute Gasteiger partial charge is 0.246 e. The van der Waals surface area contributed by atoms with E-state index in [1.807, 2.05) is 43.3 Å². The van der Waals surface area contributed by atoms with Gasteiger partial charge in [0.25, 0.3) is 0 Å². The minimum Gasteiger partial charge on any atom is -0.491 e. The van der Waals surface area contributed by atoms with Crippen molar-refractivity contribution in [3.8, 4) is 17.2 Å². The topological polar surface area (TPSA) is 76.7 Å². The van der Waals surface area contributed by atoms with Crippen molar-refractivity contribution in [2.45, 2.75) is 18.4 Å². The first-order valence-electron chi connectivity index (χ1n) is 9.80. The van der Waals surface area contributed by atoms with Crippen LogP contribution >= 0.6 is 11.6 Å². The van der Waals surface area contributed by atoms with Gasteiger partial charge in [-0.2, -0.15) is 0 Å². The molecule has 6 rings (SSSR count). The lowest BCUT2D eigenvalue weighted by molar-refractivity contribution is -0.122. The van der Waals surface area contributed by atoms with Crippen LogP contribution in [0.5, 0.6) is 17.2 Å². The van der Waals surface area contributed by atoms with Gasteiger partial charge >= 0.3 is 0 Å². The van der Waals surface area contributed by atoms with E-state index in [0.717, 1.165) is 16.8 Å². The van der Waals surface area contributed by atoms with E-state index in [-0.39, 0.29) is 18.6 Å². The number of hydrogen-bond acceptors (Lipinski definition) is 5. The summed E-state index contributed by atoms with van der Waals surface area (Å²) in [4.78, 5) is 23.2. The standard InChI is InChI=1S/C22H18ClN3O4/c1-12(20-24-10-19(23)25-20)26-15-5-3-2-4-13(15)22(21(26)27)11-30-16-9-18-17(8-14(16)22)28-6-7-29-18/h2-5,8-10,12H,6-7,11H2,1H3,(H,24,25). The van der Waals surface area contributed by atoms with Gasteiger partial charge in [-0.3, -0.25) is 4.79 Å². The highest BCUT2D eigenvalue weighted by Crippen LogP contribution is 2.56. The SMILES string of the molecule is CC(c1ncc(Cl)[nH]1)N1C(=O)C2(COc3cc4c(cc32)OCCO4)c2ccccc21. The number of ether oxygens (including phenoxy) is 3. The average molecular weight is 424 g/mol. The third-order valence-electron chi connectivity index (χ3n) is 6.10. The number of H-pyrrole nitrogens is 1. The van der Waals surface area contributed by atoms with E-state index in [1.165, 1.54) is 0 Å². The molecule has 0 saturated heterocycles. The van der Waals surface area contributed by atoms with Crippen LogP contribution in [-0.2, 0) is 10.2 Å². The van der Waals surface area contributed by atoms with Crippen LogP contribution in [0.15, 0.2) is 42.6 Å². The molecule has 2 aromatic carbocycles. The summed E-state index contributed by atoms with van der Waals surface area (Å²) in [5.74, 6) is 2.50. The molecule has 1 N–H and O–H groups in total. The van der Waals surface area contributed by atoms with Crippen LogP contribution in [-0.4, -0.2) is 35.7 Å². The van der Waals surface area contributed by atoms with Gasteiger partial charge in [0.1, 0.15) is 42.0 Å². The molecule has 0 bridgehead atoms. The van der Waals surface area contributed by atoms with Crippen molar-refractivity contribution in [1.82, 2.24) is 9.97 Å². The van der Waals surface area contributed by atoms with Crippen LogP contribution in [0.3, 0.4) is 0 Å². The number of amides is 1. The summed E-state index contributed by atoms with van der Waals surface area (Å²) in [5.41, 5.74) is 1.62. The number of aromatic amines is 1. The van der Waals surface area contributed by atoms with Gasteiger partial charge in [-0.05, 0) is 24.6 Å². The number of rotatable bonds is 2. The maximum atomic E-state index is 14.0. The number of para-hydroxylation sites is 1. The largest absolute Gasteiger partial charge is 0.491 e. The number of carbonyl (C=O) groups excluding carboxylic acids is 1. The highest BCUT2D eigenvalue weighted by Gasteiger charge is 2.58. The van der Waals surface area contributed by atoms with Crippen molar-refractivity contribution >= 4 is 23.2 Å². The molecule has 1 spiro atoms. The summed E-state index contributed by atoms with van der Waals surface area (Å²) in [6.07, 6.45) is 1.55. The Hall–Kier alpha value is -3.19. The molecule has 3 aliphatic heterocycles. The maximum Gasteiger partial charge on any atom is 0.246 e. The van der Waals surface area contributed by atoms with E-state index in [1.54, 1.807) is 11.1 Å². The van der Waals surface area contributed by atoms with Gasteiger partial charge in [0.05, 0.1) is 12.2 Å². The Balaban J connectivity index is 1.53. The molecule has 4 heterocycles. The van der Waals surface area contributed by atoms with Crippen molar-refractivity contribution in [3.63, 3.8) is 0 Å². The number of benzene rings is 2. The molecule has 8 heteroatoms. The Kier molecular flexibility index (Phi) is 3.62. The molecule has 1 aromatic heterocycles. The fourth-order valence-corrected chi connectivity index (χ4v) is 4.84. The maximum absolute atomic E-state index is 14.0. The summed E-state index contributed by atoms with van der Waals surface area (Å²) in [6, 6.07) is 11.2. The van der Waals surface area contributed by atoms with Gasteiger partial charge in [0.2, 0.25) is 5.91 Å². The second kappa shape index (κ2) is 6.15. The molecular weight excluding hydrogens is 406 g/mol. The van der Waals surface area contributed by atoms with E-state index in [9.17, 15) is 4.79 Å². The van der Waals surface area contributed by atoms with Crippen LogP contribution in [0.25, 0.3) is 0 Å². The monoisotopic (exact) mass is 423 g/mol. The molecule has 152 valence electrons. The average Bonchev–Trinajstić information content (AvgIpc) is 3.43. The molecular formula is C22H18ClN3O4. The van der Waals surface area contributed by atoms with E-state index in [2.05, 4.69) is 9.97 Å². The molecule has 0 aliphatic carbocycles. The third kappa shape index (κ3) is 2.21. The van der Waals surface area contributed by atoms with Gasteiger partial charge in [-0.15, -0.1) is 0 Å². The number of imidazole rings is 1. The number of aromatic nitrogens is 2. The van der Waals surface area contributed by atoms with Gasteiger partial charge in [0.15, 0.2) is 11.5 Å². The lowest BCUT2D eigenvalue weighted by Crippen LogP contribution is -2.43. The minimum atomic E-state index is -0.938. The number of nitrogens with one attached hydrogen (secondary N) is 1. The zero-order valence-electron chi connectivity index (χ0n) is 16.1. The van der Waals surface area contributed by atoms with E-state index in [0.29, 0.717) is 41.4 Å². The molecule has 0 fully saturated rings. The second-order valence-electron chi connectivity index (χ2n) is 7.67. The highest BCUT2D eigenvalue weighted by atomic mass is 35.5. The predicted octanol–water partition coefficient (Wildman–Crippen LogP) is 3.62. The van der Waals surface area contributed by atoms with E-state index < -0.39 is 5.41 Å². The lowest BCUT2D eigenvalue weighted by Gasteiger charge is -2.27. The Labute approximate surface area is 177 Å². The van der Waals surface area contributed by atoms with Crippen LogP contribution in [0.1, 0.15) is 29.9 Å². The van der Waals surface area contributed by atoms with Gasteiger partial charge < -0.3 is 24.1 Å². The normalized spacial score (nSPS) is 22.1. The predicted molar refractivity (Wildman–Crippen MR) is 110 cm³/mol. The van der Waals surface area contributed by atoms with E-state index in [4.69, 9.17) is 25.8 Å². The van der Waals surface area contributed by atoms with Crippen molar-refractivity contribution < 1.29 is 19.0 Å². The molecule has 3 aliphatic rings. The van der Waals surface area contributed by atoms with Gasteiger partial charge in [0, 0.05) is 17.3 Å². The van der Waals surface area contributed by atoms with Gasteiger partial charge in [-0.1, -0.05) is 29.8 Å². The quantitative estimate of drug-likeness (QED) is 0.681.